The summed E-state index contributed by atoms with van der Waals surface area (Å²) >= 11 is 0. The van der Waals surface area contributed by atoms with Crippen LogP contribution >= 0.6 is 0 Å². The molecule has 0 aliphatic rings. The lowest BCUT2D eigenvalue weighted by Gasteiger charge is -2.28. The molecule has 0 aliphatic heterocycles. The van der Waals surface area contributed by atoms with Gasteiger partial charge in [-0.2, -0.15) is 0 Å². The van der Waals surface area contributed by atoms with Crippen molar-refractivity contribution in [2.75, 3.05) is 6.61 Å². The van der Waals surface area contributed by atoms with Crippen molar-refractivity contribution in [1.29, 1.82) is 0 Å². The monoisotopic (exact) mass is 278 g/mol. The number of furan rings is 1. The van der Waals surface area contributed by atoms with E-state index in [1.807, 2.05) is 27.7 Å². The molecule has 0 atom stereocenters. The Hall–Kier alpha value is -1.33. The van der Waals surface area contributed by atoms with E-state index < -0.39 is 7.12 Å². The van der Waals surface area contributed by atoms with Crippen LogP contribution in [0.4, 0.5) is 4.39 Å². The first kappa shape index (κ1) is 15.1. The topological polar surface area (TPSA) is 31.6 Å². The fraction of sp³-hybridized carbons (Fsp3) is 0.467. The molecule has 1 aromatic heterocycles. The normalized spacial score (nSPS) is 12.1. The van der Waals surface area contributed by atoms with Crippen molar-refractivity contribution < 1.29 is 18.1 Å². The Bertz CT molecular complexity index is 580. The second kappa shape index (κ2) is 5.98. The molecule has 0 aliphatic carbocycles. The Morgan fingerprint density at radius 3 is 2.70 bits per heavy atom. The van der Waals surface area contributed by atoms with E-state index in [1.54, 1.807) is 18.4 Å². The van der Waals surface area contributed by atoms with Crippen LogP contribution in [0.3, 0.4) is 0 Å². The van der Waals surface area contributed by atoms with Crippen LogP contribution in [0.5, 0.6) is 0 Å². The predicted octanol–water partition coefficient (Wildman–Crippen LogP) is 3.51. The number of fused-ring (bicyclic) bond motifs is 1. The summed E-state index contributed by atoms with van der Waals surface area (Å²) in [7, 11) is -0.714. The van der Waals surface area contributed by atoms with Gasteiger partial charge in [0, 0.05) is 29.1 Å². The maximum absolute atomic E-state index is 14.2. The number of hydrogen-bond acceptors (Lipinski definition) is 3. The first-order valence-electron chi connectivity index (χ1n) is 6.93. The third-order valence-electron chi connectivity index (χ3n) is 3.42. The van der Waals surface area contributed by atoms with Gasteiger partial charge in [0.15, 0.2) is 0 Å². The van der Waals surface area contributed by atoms with E-state index in [9.17, 15) is 4.39 Å². The number of rotatable bonds is 6. The fourth-order valence-corrected chi connectivity index (χ4v) is 1.89. The van der Waals surface area contributed by atoms with Gasteiger partial charge in [-0.15, -0.1) is 0 Å². The first-order chi connectivity index (χ1) is 9.46. The first-order valence-corrected chi connectivity index (χ1v) is 6.93. The molecule has 0 N–H and O–H groups in total. The number of benzene rings is 1. The van der Waals surface area contributed by atoms with Crippen molar-refractivity contribution in [3.63, 3.8) is 0 Å². The van der Waals surface area contributed by atoms with E-state index in [0.717, 1.165) is 11.8 Å². The minimum atomic E-state index is -0.714. The molecule has 1 aromatic carbocycles. The van der Waals surface area contributed by atoms with Crippen LogP contribution in [-0.2, 0) is 9.31 Å². The van der Waals surface area contributed by atoms with Crippen molar-refractivity contribution in [3.8, 4) is 0 Å². The van der Waals surface area contributed by atoms with E-state index in [4.69, 9.17) is 13.7 Å². The Kier molecular flexibility index (Phi) is 4.50. The highest BCUT2D eigenvalue weighted by atomic mass is 19.1. The molecule has 0 unspecified atom stereocenters. The summed E-state index contributed by atoms with van der Waals surface area (Å²) in [6.07, 6.45) is 2.35. The SMILES string of the molecule is CCOB(OC(C)(C)CC)c1cc2ccoc2cc1F. The molecule has 2 aromatic rings. The summed E-state index contributed by atoms with van der Waals surface area (Å²) < 4.78 is 30.9. The van der Waals surface area contributed by atoms with Crippen molar-refractivity contribution in [2.45, 2.75) is 39.7 Å². The van der Waals surface area contributed by atoms with Crippen LogP contribution in [-0.4, -0.2) is 19.3 Å². The molecule has 0 bridgehead atoms. The highest BCUT2D eigenvalue weighted by molar-refractivity contribution is 6.61. The van der Waals surface area contributed by atoms with Gasteiger partial charge < -0.3 is 13.7 Å². The van der Waals surface area contributed by atoms with Crippen LogP contribution < -0.4 is 5.46 Å². The Morgan fingerprint density at radius 1 is 1.30 bits per heavy atom. The van der Waals surface area contributed by atoms with Gasteiger partial charge in [0.25, 0.3) is 0 Å². The largest absolute Gasteiger partial charge is 0.497 e. The van der Waals surface area contributed by atoms with Gasteiger partial charge in [-0.1, -0.05) is 6.92 Å². The van der Waals surface area contributed by atoms with Gasteiger partial charge in [-0.25, -0.2) is 4.39 Å². The second-order valence-corrected chi connectivity index (χ2v) is 5.35. The lowest BCUT2D eigenvalue weighted by Crippen LogP contribution is -2.45. The Balaban J connectivity index is 2.37. The van der Waals surface area contributed by atoms with E-state index in [2.05, 4.69) is 0 Å². The molecule has 0 saturated carbocycles. The smallest absolute Gasteiger partial charge is 0.464 e. The second-order valence-electron chi connectivity index (χ2n) is 5.35. The average Bonchev–Trinajstić information content (AvgIpc) is 2.84. The third-order valence-corrected chi connectivity index (χ3v) is 3.42. The minimum Gasteiger partial charge on any atom is -0.464 e. The van der Waals surface area contributed by atoms with Crippen LogP contribution in [0.15, 0.2) is 28.9 Å². The highest BCUT2D eigenvalue weighted by Gasteiger charge is 2.31. The van der Waals surface area contributed by atoms with E-state index in [1.165, 1.54) is 6.07 Å². The van der Waals surface area contributed by atoms with Crippen molar-refractivity contribution in [1.82, 2.24) is 0 Å². The summed E-state index contributed by atoms with van der Waals surface area (Å²) in [4.78, 5) is 0. The van der Waals surface area contributed by atoms with Gasteiger partial charge in [0.1, 0.15) is 11.4 Å². The van der Waals surface area contributed by atoms with Crippen molar-refractivity contribution in [3.05, 3.63) is 30.3 Å². The lowest BCUT2D eigenvalue weighted by atomic mass is 9.76. The van der Waals surface area contributed by atoms with Crippen LogP contribution in [0, 0.1) is 5.82 Å². The van der Waals surface area contributed by atoms with Crippen molar-refractivity contribution in [2.24, 2.45) is 0 Å². The highest BCUT2D eigenvalue weighted by Crippen LogP contribution is 2.19. The van der Waals surface area contributed by atoms with Crippen molar-refractivity contribution >= 4 is 23.6 Å². The maximum Gasteiger partial charge on any atom is 0.497 e. The minimum absolute atomic E-state index is 0.377. The molecular weight excluding hydrogens is 258 g/mol. The quantitative estimate of drug-likeness (QED) is 0.758. The van der Waals surface area contributed by atoms with Gasteiger partial charge in [0.2, 0.25) is 0 Å². The maximum atomic E-state index is 14.2. The molecular formula is C15H20BFO3. The zero-order valence-corrected chi connectivity index (χ0v) is 12.4. The van der Waals surface area contributed by atoms with Gasteiger partial charge in [0.05, 0.1) is 6.26 Å². The van der Waals surface area contributed by atoms with Crippen LogP contribution in [0.2, 0.25) is 0 Å². The Morgan fingerprint density at radius 2 is 2.05 bits per heavy atom. The molecule has 0 spiro atoms. The van der Waals surface area contributed by atoms with Gasteiger partial charge in [-0.3, -0.25) is 0 Å². The molecule has 0 saturated heterocycles. The van der Waals surface area contributed by atoms with E-state index >= 15 is 0 Å². The molecule has 20 heavy (non-hydrogen) atoms. The van der Waals surface area contributed by atoms with E-state index in [-0.39, 0.29) is 11.4 Å². The van der Waals surface area contributed by atoms with Gasteiger partial charge in [-0.05, 0) is 39.3 Å². The van der Waals surface area contributed by atoms with Crippen LogP contribution in [0.25, 0.3) is 11.0 Å². The fourth-order valence-electron chi connectivity index (χ4n) is 1.89. The zero-order valence-electron chi connectivity index (χ0n) is 12.4. The molecule has 2 rings (SSSR count). The van der Waals surface area contributed by atoms with Crippen LogP contribution in [0.1, 0.15) is 34.1 Å². The third kappa shape index (κ3) is 3.22. The summed E-state index contributed by atoms with van der Waals surface area (Å²) in [6, 6.07) is 4.89. The summed E-state index contributed by atoms with van der Waals surface area (Å²) in [5.41, 5.74) is 0.552. The molecule has 108 valence electrons. The predicted molar refractivity (Wildman–Crippen MR) is 78.6 cm³/mol. The molecule has 1 heterocycles. The lowest BCUT2D eigenvalue weighted by molar-refractivity contribution is 0.0703. The summed E-state index contributed by atoms with van der Waals surface area (Å²) in [5, 5.41) is 0.837. The summed E-state index contributed by atoms with van der Waals surface area (Å²) in [5.74, 6) is -0.377. The number of halogens is 1. The molecule has 5 heteroatoms. The molecule has 0 radical (unpaired) electrons. The average molecular weight is 278 g/mol. The Labute approximate surface area is 119 Å². The zero-order chi connectivity index (χ0) is 14.8. The molecule has 0 amide bonds. The van der Waals surface area contributed by atoms with Gasteiger partial charge >= 0.3 is 7.12 Å². The summed E-state index contributed by atoms with van der Waals surface area (Å²) in [6.45, 7) is 8.27. The molecule has 0 fully saturated rings. The number of hydrogen-bond donors (Lipinski definition) is 0. The molecule has 3 nitrogen and oxygen atoms in total. The van der Waals surface area contributed by atoms with E-state index in [0.29, 0.717) is 17.7 Å². The standard InChI is InChI=1S/C15H20BFO3/c1-5-15(3,4)20-16(19-6-2)12-9-11-7-8-18-14(11)10-13(12)17/h7-10H,5-6H2,1-4H3.